The standard InChI is InChI=1S/C12H15ClF3N/c1-11(2,3)10(17)7-4-5-9(13)8(6-7)12(14,15)16/h4-6,10H,17H2,1-3H3/t10-/m0/s1. The van der Waals surface area contributed by atoms with E-state index in [4.69, 9.17) is 17.3 Å². The second kappa shape index (κ2) is 4.50. The molecular formula is C12H15ClF3N. The lowest BCUT2D eigenvalue weighted by atomic mass is 9.82. The zero-order valence-corrected chi connectivity index (χ0v) is 10.7. The molecule has 1 nitrogen and oxygen atoms in total. The van der Waals surface area contributed by atoms with Gasteiger partial charge in [0.25, 0.3) is 0 Å². The molecule has 0 aliphatic rings. The highest BCUT2D eigenvalue weighted by molar-refractivity contribution is 6.31. The Balaban J connectivity index is 3.23. The second-order valence-corrected chi connectivity index (χ2v) is 5.49. The van der Waals surface area contributed by atoms with Gasteiger partial charge in [-0.1, -0.05) is 38.4 Å². The number of hydrogen-bond donors (Lipinski definition) is 1. The van der Waals surface area contributed by atoms with E-state index < -0.39 is 17.8 Å². The van der Waals surface area contributed by atoms with Crippen LogP contribution in [0.2, 0.25) is 5.02 Å². The van der Waals surface area contributed by atoms with Crippen molar-refractivity contribution in [3.05, 3.63) is 34.3 Å². The van der Waals surface area contributed by atoms with E-state index in [1.807, 2.05) is 20.8 Å². The van der Waals surface area contributed by atoms with Gasteiger partial charge < -0.3 is 5.73 Å². The number of alkyl halides is 3. The lowest BCUT2D eigenvalue weighted by molar-refractivity contribution is -0.137. The van der Waals surface area contributed by atoms with Gasteiger partial charge in [0.1, 0.15) is 0 Å². The Labute approximate surface area is 104 Å². The number of halogens is 4. The Morgan fingerprint density at radius 2 is 1.71 bits per heavy atom. The zero-order valence-electron chi connectivity index (χ0n) is 9.90. The maximum Gasteiger partial charge on any atom is 0.417 e. The summed E-state index contributed by atoms with van der Waals surface area (Å²) in [6.45, 7) is 5.62. The van der Waals surface area contributed by atoms with Crippen LogP contribution in [-0.2, 0) is 6.18 Å². The highest BCUT2D eigenvalue weighted by Crippen LogP contribution is 2.38. The number of hydrogen-bond acceptors (Lipinski definition) is 1. The molecule has 0 radical (unpaired) electrons. The predicted octanol–water partition coefficient (Wildman–Crippen LogP) is 4.40. The summed E-state index contributed by atoms with van der Waals surface area (Å²) >= 11 is 5.54. The predicted molar refractivity (Wildman–Crippen MR) is 62.8 cm³/mol. The van der Waals surface area contributed by atoms with Crippen LogP contribution in [0.15, 0.2) is 18.2 Å². The Kier molecular flexibility index (Phi) is 3.79. The minimum Gasteiger partial charge on any atom is -0.324 e. The quantitative estimate of drug-likeness (QED) is 0.800. The maximum atomic E-state index is 12.7. The van der Waals surface area contributed by atoms with E-state index in [0.717, 1.165) is 6.07 Å². The average molecular weight is 266 g/mol. The van der Waals surface area contributed by atoms with Crippen molar-refractivity contribution in [3.8, 4) is 0 Å². The molecule has 1 atom stereocenters. The van der Waals surface area contributed by atoms with Gasteiger partial charge in [0.2, 0.25) is 0 Å². The molecule has 0 spiro atoms. The molecule has 0 aliphatic heterocycles. The van der Waals surface area contributed by atoms with Crippen LogP contribution in [-0.4, -0.2) is 0 Å². The summed E-state index contributed by atoms with van der Waals surface area (Å²) in [7, 11) is 0. The normalized spacial score (nSPS) is 14.8. The fraction of sp³-hybridized carbons (Fsp3) is 0.500. The molecule has 0 fully saturated rings. The molecule has 0 saturated heterocycles. The first-order valence-corrected chi connectivity index (χ1v) is 5.53. The lowest BCUT2D eigenvalue weighted by Crippen LogP contribution is -2.26. The van der Waals surface area contributed by atoms with Crippen LogP contribution < -0.4 is 5.73 Å². The molecule has 0 aromatic heterocycles. The van der Waals surface area contributed by atoms with E-state index >= 15 is 0 Å². The molecule has 1 aromatic carbocycles. The molecule has 0 saturated carbocycles. The number of benzene rings is 1. The van der Waals surface area contributed by atoms with Crippen LogP contribution in [0.4, 0.5) is 13.2 Å². The van der Waals surface area contributed by atoms with E-state index in [2.05, 4.69) is 0 Å². The van der Waals surface area contributed by atoms with Crippen molar-refractivity contribution in [3.63, 3.8) is 0 Å². The van der Waals surface area contributed by atoms with Crippen LogP contribution in [0.1, 0.15) is 37.9 Å². The third-order valence-corrected chi connectivity index (χ3v) is 2.92. The van der Waals surface area contributed by atoms with Gasteiger partial charge in [-0.25, -0.2) is 0 Å². The zero-order chi connectivity index (χ0) is 13.4. The minimum atomic E-state index is -4.45. The first-order valence-electron chi connectivity index (χ1n) is 5.15. The van der Waals surface area contributed by atoms with Crippen LogP contribution in [0.5, 0.6) is 0 Å². The van der Waals surface area contributed by atoms with E-state index in [1.165, 1.54) is 12.1 Å². The van der Waals surface area contributed by atoms with Gasteiger partial charge in [0, 0.05) is 6.04 Å². The van der Waals surface area contributed by atoms with Gasteiger partial charge in [-0.2, -0.15) is 13.2 Å². The molecule has 0 aliphatic carbocycles. The summed E-state index contributed by atoms with van der Waals surface area (Å²) in [6.07, 6.45) is -4.45. The SMILES string of the molecule is CC(C)(C)[C@@H](N)c1ccc(Cl)c(C(F)(F)F)c1. The topological polar surface area (TPSA) is 26.0 Å². The number of nitrogens with two attached hydrogens (primary N) is 1. The van der Waals surface area contributed by atoms with E-state index in [-0.39, 0.29) is 10.4 Å². The molecule has 0 bridgehead atoms. The van der Waals surface area contributed by atoms with Crippen molar-refractivity contribution in [2.45, 2.75) is 33.0 Å². The van der Waals surface area contributed by atoms with E-state index in [1.54, 1.807) is 0 Å². The minimum absolute atomic E-state index is 0.303. The van der Waals surface area contributed by atoms with Crippen LogP contribution >= 0.6 is 11.6 Å². The Hall–Kier alpha value is -0.740. The maximum absolute atomic E-state index is 12.7. The molecular weight excluding hydrogens is 251 g/mol. The van der Waals surface area contributed by atoms with Crippen molar-refractivity contribution in [2.75, 3.05) is 0 Å². The Morgan fingerprint density at radius 3 is 2.12 bits per heavy atom. The van der Waals surface area contributed by atoms with Crippen LogP contribution in [0.25, 0.3) is 0 Å². The first-order chi connectivity index (χ1) is 7.53. The lowest BCUT2D eigenvalue weighted by Gasteiger charge is -2.28. The Bertz CT molecular complexity index is 407. The van der Waals surface area contributed by atoms with Crippen molar-refractivity contribution in [1.29, 1.82) is 0 Å². The molecule has 2 N–H and O–H groups in total. The fourth-order valence-corrected chi connectivity index (χ4v) is 1.68. The average Bonchev–Trinajstić information content (AvgIpc) is 2.14. The van der Waals surface area contributed by atoms with Crippen LogP contribution in [0.3, 0.4) is 0 Å². The molecule has 1 aromatic rings. The molecule has 5 heteroatoms. The van der Waals surface area contributed by atoms with Crippen LogP contribution in [0, 0.1) is 5.41 Å². The van der Waals surface area contributed by atoms with Crippen molar-refractivity contribution in [2.24, 2.45) is 11.1 Å². The summed E-state index contributed by atoms with van der Waals surface area (Å²) in [5.74, 6) is 0. The molecule has 17 heavy (non-hydrogen) atoms. The Morgan fingerprint density at radius 1 is 1.18 bits per heavy atom. The number of rotatable bonds is 1. The first kappa shape index (κ1) is 14.3. The second-order valence-electron chi connectivity index (χ2n) is 5.08. The van der Waals surface area contributed by atoms with Gasteiger partial charge in [0.05, 0.1) is 10.6 Å². The largest absolute Gasteiger partial charge is 0.417 e. The summed E-state index contributed by atoms with van der Waals surface area (Å²) < 4.78 is 38.0. The van der Waals surface area contributed by atoms with Gasteiger partial charge in [-0.3, -0.25) is 0 Å². The van der Waals surface area contributed by atoms with Gasteiger partial charge in [-0.05, 0) is 23.1 Å². The van der Waals surface area contributed by atoms with Gasteiger partial charge in [0.15, 0.2) is 0 Å². The highest BCUT2D eigenvalue weighted by atomic mass is 35.5. The molecule has 96 valence electrons. The highest BCUT2D eigenvalue weighted by Gasteiger charge is 2.34. The van der Waals surface area contributed by atoms with Crippen molar-refractivity contribution < 1.29 is 13.2 Å². The van der Waals surface area contributed by atoms with Crippen molar-refractivity contribution in [1.82, 2.24) is 0 Å². The summed E-state index contributed by atoms with van der Waals surface area (Å²) in [4.78, 5) is 0. The van der Waals surface area contributed by atoms with Gasteiger partial charge in [-0.15, -0.1) is 0 Å². The van der Waals surface area contributed by atoms with Crippen molar-refractivity contribution >= 4 is 11.6 Å². The molecule has 1 rings (SSSR count). The molecule has 0 amide bonds. The fourth-order valence-electron chi connectivity index (χ4n) is 1.45. The van der Waals surface area contributed by atoms with Gasteiger partial charge >= 0.3 is 6.18 Å². The molecule has 0 unspecified atom stereocenters. The van der Waals surface area contributed by atoms with E-state index in [0.29, 0.717) is 5.56 Å². The summed E-state index contributed by atoms with van der Waals surface area (Å²) in [5, 5.41) is -0.303. The molecule has 0 heterocycles. The smallest absolute Gasteiger partial charge is 0.324 e. The monoisotopic (exact) mass is 265 g/mol. The third-order valence-electron chi connectivity index (χ3n) is 2.59. The van der Waals surface area contributed by atoms with E-state index in [9.17, 15) is 13.2 Å². The summed E-state index contributed by atoms with van der Waals surface area (Å²) in [6, 6.07) is 3.33. The third kappa shape index (κ3) is 3.36. The summed E-state index contributed by atoms with van der Waals surface area (Å²) in [5.41, 5.74) is 5.22.